The van der Waals surface area contributed by atoms with E-state index in [1.54, 1.807) is 0 Å². The second-order valence-corrected chi connectivity index (χ2v) is 34.9. The average Bonchev–Trinajstić information content (AvgIpc) is 0.752. The molecule has 34 atom stereocenters. The predicted octanol–water partition coefficient (Wildman–Crippen LogP) is -2.55. The Labute approximate surface area is 741 Å². The number of unbranched alkanes of at least 4 members (excludes halogenated alkanes) is 26. The Hall–Kier alpha value is -4.22. The van der Waals surface area contributed by atoms with Crippen molar-refractivity contribution in [1.82, 2.24) is 16.0 Å². The summed E-state index contributed by atoms with van der Waals surface area (Å²) in [7, 11) is 0. The highest BCUT2D eigenvalue weighted by molar-refractivity contribution is 5.78. The van der Waals surface area contributed by atoms with E-state index < -0.39 is 302 Å². The van der Waals surface area contributed by atoms with Gasteiger partial charge in [0.2, 0.25) is 17.7 Å². The topological polar surface area (TPSA) is 674 Å². The van der Waals surface area contributed by atoms with Crippen LogP contribution in [0.3, 0.4) is 0 Å². The van der Waals surface area contributed by atoms with Gasteiger partial charge in [0.1, 0.15) is 128 Å². The van der Waals surface area contributed by atoms with Crippen molar-refractivity contribution >= 4 is 35.4 Å². The van der Waals surface area contributed by atoms with Gasteiger partial charge in [-0.25, -0.2) is 9.59 Å². The zero-order chi connectivity index (χ0) is 93.8. The highest BCUT2D eigenvalue weighted by Gasteiger charge is 2.64. The second kappa shape index (κ2) is 56.8. The van der Waals surface area contributed by atoms with Crippen LogP contribution in [-0.4, -0.2) is 390 Å². The van der Waals surface area contributed by atoms with Crippen molar-refractivity contribution in [2.24, 2.45) is 5.92 Å². The number of carbonyl (C=O) groups is 6. The van der Waals surface area contributed by atoms with Crippen LogP contribution in [0.2, 0.25) is 0 Å². The van der Waals surface area contributed by atoms with Gasteiger partial charge >= 0.3 is 11.9 Å². The lowest BCUT2D eigenvalue weighted by molar-refractivity contribution is -0.408. The summed E-state index contributed by atoms with van der Waals surface area (Å²) in [5, 5.41) is 245. The molecule has 6 aliphatic heterocycles. The first-order valence-corrected chi connectivity index (χ1v) is 45.8. The number of Topliss-reactive ketones (excluding diaryl/α,β-unsaturated/α-hetero) is 1. The molecule has 0 spiro atoms. The summed E-state index contributed by atoms with van der Waals surface area (Å²) < 4.78 is 72.8. The van der Waals surface area contributed by atoms with E-state index in [1.807, 2.05) is 0 Å². The molecule has 6 saturated heterocycles. The molecule has 42 heteroatoms. The first-order valence-electron chi connectivity index (χ1n) is 45.8. The lowest BCUT2D eigenvalue weighted by Crippen LogP contribution is -2.71. The van der Waals surface area contributed by atoms with Crippen molar-refractivity contribution in [3.8, 4) is 0 Å². The van der Waals surface area contributed by atoms with Crippen LogP contribution in [0.5, 0.6) is 0 Å². The highest BCUT2D eigenvalue weighted by atomic mass is 16.8. The number of hydrogen-bond acceptors (Lipinski definition) is 37. The molecule has 0 aromatic rings. The molecule has 740 valence electrons. The molecule has 0 bridgehead atoms. The number of hydrogen-bond donors (Lipinski definition) is 24. The molecule has 6 rings (SSSR count). The van der Waals surface area contributed by atoms with Gasteiger partial charge in [0.15, 0.2) is 25.2 Å². The number of carboxylic acid groups (broad SMARTS) is 2. The van der Waals surface area contributed by atoms with Gasteiger partial charge < -0.3 is 185 Å². The zero-order valence-electron chi connectivity index (χ0n) is 74.0. The minimum absolute atomic E-state index is 0.122. The summed E-state index contributed by atoms with van der Waals surface area (Å²) >= 11 is 0. The molecule has 6 fully saturated rings. The number of amides is 3. The summed E-state index contributed by atoms with van der Waals surface area (Å²) in [6, 6.07) is -4.68. The number of carboxylic acids is 2. The molecule has 0 radical (unpaired) electrons. The number of ketones is 1. The Morgan fingerprint density at radius 3 is 1.17 bits per heavy atom. The molecule has 42 nitrogen and oxygen atoms in total. The number of carbonyl (C=O) groups excluding carboxylic acids is 4. The number of aliphatic hydroxyl groups excluding tert-OH is 19. The fraction of sp³-hybridized carbons (Fsp3) is 0.929. The minimum Gasteiger partial charge on any atom is -0.477 e. The standard InChI is InChI=1S/C85H151N3O39/c1-6-8-10-12-14-16-18-20-21-23-25-27-29-31-33-35-60(103)88-50(51(98)34-32-30-28-26-24-22-19-17-15-13-11-9-7-2)45-116-79-68(109)67(108)72(58(43-93)119-79)122-81-70(111)77(127-85(83(114)115)38-53(100)62(87-48(5)97)75(125-85)64(105)55(102)40-90)73(59(44-94)120-81)123-78-49(36-46(3)95)71(65(106)56(41-91)117-78)121-80-69(110)76(66(107)57(42-92)118-80)126-84(82(112)113)37-52(99)61(86-47(4)96)74(124-84)63(104)54(101)39-89/h49-59,61-81,89-94,98-102,104-111H,6-45H2,1-5H3,(H,86,96)(H,87,97)(H,88,103)(H,112,113)(H,114,115)/t49-,50+,51-,52+,53+,54-,55-,56-,57-,58-,59-,61-,62-,63-,64-,65+,66+,67-,68-,69-,70-,71-,72-,73+,74?,75?,76+,77-,78+,79-,80+,81+,84+,85+/m1/s1. The van der Waals surface area contributed by atoms with Gasteiger partial charge in [-0.2, -0.15) is 0 Å². The van der Waals surface area contributed by atoms with Gasteiger partial charge in [-0.05, 0) is 19.8 Å². The Morgan fingerprint density at radius 1 is 0.402 bits per heavy atom. The molecule has 6 aliphatic rings. The third-order valence-corrected chi connectivity index (χ3v) is 24.7. The summed E-state index contributed by atoms with van der Waals surface area (Å²) in [5.74, 6) is -16.0. The van der Waals surface area contributed by atoms with Crippen LogP contribution in [0.4, 0.5) is 0 Å². The summed E-state index contributed by atoms with van der Waals surface area (Å²) in [4.78, 5) is 79.8. The average molecular weight is 1840 g/mol. The quantitative estimate of drug-likeness (QED) is 0.0279. The van der Waals surface area contributed by atoms with Crippen LogP contribution in [0.1, 0.15) is 247 Å². The van der Waals surface area contributed by atoms with Crippen LogP contribution in [0, 0.1) is 5.92 Å². The maximum Gasteiger partial charge on any atom is 0.364 e. The molecular formula is C85H151N3O39. The fourth-order valence-corrected chi connectivity index (χ4v) is 17.5. The summed E-state index contributed by atoms with van der Waals surface area (Å²) in [6.07, 6.45) is -33.9. The van der Waals surface area contributed by atoms with E-state index in [9.17, 15) is 136 Å². The van der Waals surface area contributed by atoms with Gasteiger partial charge in [-0.3, -0.25) is 14.4 Å². The minimum atomic E-state index is -3.48. The molecule has 6 heterocycles. The third-order valence-electron chi connectivity index (χ3n) is 24.7. The molecule has 24 N–H and O–H groups in total. The Morgan fingerprint density at radius 2 is 0.764 bits per heavy atom. The van der Waals surface area contributed by atoms with Crippen molar-refractivity contribution in [3.05, 3.63) is 0 Å². The van der Waals surface area contributed by atoms with Gasteiger partial charge in [0.05, 0.1) is 88.8 Å². The van der Waals surface area contributed by atoms with Crippen molar-refractivity contribution in [3.63, 3.8) is 0 Å². The van der Waals surface area contributed by atoms with Crippen molar-refractivity contribution in [2.45, 2.75) is 448 Å². The largest absolute Gasteiger partial charge is 0.477 e. The Bertz CT molecular complexity index is 3150. The predicted molar refractivity (Wildman–Crippen MR) is 441 cm³/mol. The summed E-state index contributed by atoms with van der Waals surface area (Å²) in [5.41, 5.74) is 0. The van der Waals surface area contributed by atoms with Crippen molar-refractivity contribution in [1.29, 1.82) is 0 Å². The van der Waals surface area contributed by atoms with E-state index >= 15 is 0 Å². The molecule has 3 amide bonds. The first kappa shape index (κ1) is 112. The Kier molecular flexibility index (Phi) is 49.9. The number of ether oxygens (including phenoxy) is 12. The van der Waals surface area contributed by atoms with Crippen LogP contribution >= 0.6 is 0 Å². The number of aliphatic hydroxyl groups is 19. The lowest BCUT2D eigenvalue weighted by atomic mass is 9.86. The highest BCUT2D eigenvalue weighted by Crippen LogP contribution is 2.44. The van der Waals surface area contributed by atoms with Crippen LogP contribution in [0.25, 0.3) is 0 Å². The van der Waals surface area contributed by atoms with Crippen molar-refractivity contribution < 1.29 is 193 Å². The van der Waals surface area contributed by atoms with Crippen LogP contribution in [0.15, 0.2) is 0 Å². The maximum absolute atomic E-state index is 14.1. The molecule has 2 unspecified atom stereocenters. The fourth-order valence-electron chi connectivity index (χ4n) is 17.5. The molecule has 0 saturated carbocycles. The molecular weight excluding hydrogens is 1690 g/mol. The van der Waals surface area contributed by atoms with E-state index in [0.29, 0.717) is 12.8 Å². The normalized spacial score (nSPS) is 35.1. The maximum atomic E-state index is 14.1. The van der Waals surface area contributed by atoms with Gasteiger partial charge in [0, 0.05) is 45.4 Å². The molecule has 127 heavy (non-hydrogen) atoms. The number of aliphatic carboxylic acids is 2. The monoisotopic (exact) mass is 1840 g/mol. The van der Waals surface area contributed by atoms with Gasteiger partial charge in [-0.15, -0.1) is 0 Å². The van der Waals surface area contributed by atoms with E-state index in [-0.39, 0.29) is 18.7 Å². The molecule has 0 aliphatic carbocycles. The number of rotatable bonds is 61. The van der Waals surface area contributed by atoms with E-state index in [0.717, 1.165) is 85.0 Å². The lowest BCUT2D eigenvalue weighted by Gasteiger charge is -2.53. The number of nitrogens with one attached hydrogen (secondary N) is 3. The van der Waals surface area contributed by atoms with Crippen LogP contribution < -0.4 is 16.0 Å². The second-order valence-electron chi connectivity index (χ2n) is 34.9. The van der Waals surface area contributed by atoms with E-state index in [4.69, 9.17) is 56.8 Å². The van der Waals surface area contributed by atoms with Gasteiger partial charge in [0.25, 0.3) is 11.6 Å². The summed E-state index contributed by atoms with van der Waals surface area (Å²) in [6.45, 7) is -0.542. The van der Waals surface area contributed by atoms with Crippen LogP contribution in [-0.2, 0) is 85.6 Å². The Balaban J connectivity index is 1.29. The van der Waals surface area contributed by atoms with Gasteiger partial charge in [-0.1, -0.05) is 187 Å². The first-order chi connectivity index (χ1) is 60.6. The van der Waals surface area contributed by atoms with E-state index in [2.05, 4.69) is 29.8 Å². The molecule has 0 aromatic heterocycles. The van der Waals surface area contributed by atoms with E-state index in [1.165, 1.54) is 103 Å². The molecule has 0 aromatic carbocycles. The van der Waals surface area contributed by atoms with Crippen molar-refractivity contribution in [2.75, 3.05) is 46.2 Å². The smallest absolute Gasteiger partial charge is 0.364 e. The third kappa shape index (κ3) is 32.8. The SMILES string of the molecule is CCCCCCCCCCCCCCCCCC(=O)N[C@@H](CO[C@@H]1O[C@H](CO)[C@@H](O[C@@H]2O[C@H](CO)[C@H](O[C@@H]3O[C@H](CO)[C@H](O)[C@H](O[C@@H]4O[C@H](CO)[C@H](O)[C@H](O[C@]5(C(=O)O)C[C@H](O)[C@@H](NC(C)=O)C([C@H](O)[C@H](O)CO)O5)[C@H]4O)[C@H]3CC(C)=O)[C@H](O[C@]3(C(=O)O)C[C@H](O)[C@@H](NC(C)=O)C([C@H](O)[C@H](O)CO)O3)[C@H]2O)[C@H](O)[C@H]1O)[C@H](O)CCCCCCCCCCCCCCC. The zero-order valence-corrected chi connectivity index (χ0v) is 74.0.